The molecule has 2 rings (SSSR count). The van der Waals surface area contributed by atoms with Gasteiger partial charge in [0.15, 0.2) is 14.6 Å². The molecule has 1 aromatic rings. The third-order valence-electron chi connectivity index (χ3n) is 3.89. The molecule has 0 heterocycles. The lowest BCUT2D eigenvalue weighted by atomic mass is 10.1. The van der Waals surface area contributed by atoms with E-state index in [2.05, 4.69) is 5.32 Å². The highest BCUT2D eigenvalue weighted by Gasteiger charge is 2.52. The number of nitrogens with two attached hydrogens (primary N) is 1. The van der Waals surface area contributed by atoms with Crippen molar-refractivity contribution >= 4 is 39.8 Å². The number of rotatable bonds is 5. The molecule has 0 spiro atoms. The van der Waals surface area contributed by atoms with Crippen molar-refractivity contribution in [2.24, 2.45) is 5.73 Å². The topological polar surface area (TPSA) is 89.3 Å². The van der Waals surface area contributed by atoms with Gasteiger partial charge in [0.2, 0.25) is 5.91 Å². The Morgan fingerprint density at radius 2 is 1.77 bits per heavy atom. The van der Waals surface area contributed by atoms with Gasteiger partial charge in [0, 0.05) is 18.1 Å². The van der Waals surface area contributed by atoms with Crippen LogP contribution in [0.15, 0.2) is 29.2 Å². The van der Waals surface area contributed by atoms with E-state index in [1.54, 1.807) is 0 Å². The lowest BCUT2D eigenvalue weighted by molar-refractivity contribution is -0.123. The average molecular weight is 367 g/mol. The fourth-order valence-corrected chi connectivity index (χ4v) is 4.96. The van der Waals surface area contributed by atoms with E-state index in [9.17, 15) is 13.2 Å². The highest BCUT2D eigenvalue weighted by atomic mass is 35.5. The standard InChI is InChI=1S/C14H19ClN2O3S.ClH/c15-11-3-5-12(6-4-11)21(19,20)14(7-1-2-8-14)13(18)17-10-9-16;/h3-6H,1-2,7-10,16H2,(H,17,18);1H. The zero-order valence-electron chi connectivity index (χ0n) is 12.0. The van der Waals surface area contributed by atoms with Gasteiger partial charge in [0.1, 0.15) is 0 Å². The molecular weight excluding hydrogens is 347 g/mol. The second-order valence-corrected chi connectivity index (χ2v) is 7.90. The van der Waals surface area contributed by atoms with Crippen molar-refractivity contribution in [1.29, 1.82) is 0 Å². The maximum absolute atomic E-state index is 12.9. The average Bonchev–Trinajstić information content (AvgIpc) is 2.96. The molecule has 8 heteroatoms. The minimum absolute atomic E-state index is 0. The number of amides is 1. The summed E-state index contributed by atoms with van der Waals surface area (Å²) in [5, 5.41) is 3.09. The maximum Gasteiger partial charge on any atom is 0.241 e. The summed E-state index contributed by atoms with van der Waals surface area (Å²) in [6.07, 6.45) is 2.13. The van der Waals surface area contributed by atoms with Crippen LogP contribution in [0.5, 0.6) is 0 Å². The maximum atomic E-state index is 12.9. The van der Waals surface area contributed by atoms with Gasteiger partial charge in [0.05, 0.1) is 4.90 Å². The number of sulfone groups is 1. The van der Waals surface area contributed by atoms with Gasteiger partial charge in [-0.05, 0) is 37.1 Å². The van der Waals surface area contributed by atoms with Gasteiger partial charge in [-0.3, -0.25) is 4.79 Å². The quantitative estimate of drug-likeness (QED) is 0.832. The van der Waals surface area contributed by atoms with Gasteiger partial charge >= 0.3 is 0 Å². The molecule has 1 aliphatic carbocycles. The summed E-state index contributed by atoms with van der Waals surface area (Å²) in [5.74, 6) is -0.444. The van der Waals surface area contributed by atoms with Crippen LogP contribution in [0, 0.1) is 0 Å². The molecule has 0 saturated heterocycles. The molecule has 0 atom stereocenters. The number of hydrogen-bond donors (Lipinski definition) is 2. The first-order chi connectivity index (χ1) is 9.94. The van der Waals surface area contributed by atoms with Crippen molar-refractivity contribution in [1.82, 2.24) is 5.32 Å². The SMILES string of the molecule is Cl.NCCNC(=O)C1(S(=O)(=O)c2ccc(Cl)cc2)CCCC1. The van der Waals surface area contributed by atoms with Crippen molar-refractivity contribution in [2.75, 3.05) is 13.1 Å². The van der Waals surface area contributed by atoms with Crippen molar-refractivity contribution in [3.63, 3.8) is 0 Å². The van der Waals surface area contributed by atoms with Gasteiger partial charge in [-0.1, -0.05) is 24.4 Å². The van der Waals surface area contributed by atoms with E-state index in [0.29, 0.717) is 17.9 Å². The van der Waals surface area contributed by atoms with Crippen LogP contribution in [0.4, 0.5) is 0 Å². The predicted octanol–water partition coefficient (Wildman–Crippen LogP) is 1.92. The van der Waals surface area contributed by atoms with Crippen LogP contribution in [0.3, 0.4) is 0 Å². The Kier molecular flexibility index (Phi) is 6.67. The first-order valence-corrected chi connectivity index (χ1v) is 8.79. The van der Waals surface area contributed by atoms with E-state index >= 15 is 0 Å². The Labute approximate surface area is 141 Å². The van der Waals surface area contributed by atoms with E-state index in [4.69, 9.17) is 17.3 Å². The zero-order chi connectivity index (χ0) is 15.5. The monoisotopic (exact) mass is 366 g/mol. The van der Waals surface area contributed by atoms with E-state index < -0.39 is 20.5 Å². The number of carbonyl (C=O) groups is 1. The highest BCUT2D eigenvalue weighted by molar-refractivity contribution is 7.93. The Balaban J connectivity index is 0.00000242. The molecule has 3 N–H and O–H groups in total. The Morgan fingerprint density at radius 3 is 2.27 bits per heavy atom. The van der Waals surface area contributed by atoms with Crippen LogP contribution in [0.1, 0.15) is 25.7 Å². The van der Waals surface area contributed by atoms with Gasteiger partial charge < -0.3 is 11.1 Å². The molecule has 124 valence electrons. The third-order valence-corrected chi connectivity index (χ3v) is 6.66. The summed E-state index contributed by atoms with van der Waals surface area (Å²) in [6.45, 7) is 0.555. The summed E-state index contributed by atoms with van der Waals surface area (Å²) in [5.41, 5.74) is 5.38. The summed E-state index contributed by atoms with van der Waals surface area (Å²) in [4.78, 5) is 12.6. The molecule has 5 nitrogen and oxygen atoms in total. The molecule has 1 amide bonds. The normalized spacial score (nSPS) is 16.8. The first kappa shape index (κ1) is 19.2. The highest BCUT2D eigenvalue weighted by Crippen LogP contribution is 2.40. The van der Waals surface area contributed by atoms with E-state index in [1.807, 2.05) is 0 Å². The molecule has 0 bridgehead atoms. The molecule has 1 fully saturated rings. The van der Waals surface area contributed by atoms with Gasteiger partial charge in [-0.2, -0.15) is 0 Å². The Bertz CT molecular complexity index is 611. The van der Waals surface area contributed by atoms with Crippen LogP contribution >= 0.6 is 24.0 Å². The fourth-order valence-electron chi connectivity index (χ4n) is 2.75. The van der Waals surface area contributed by atoms with E-state index in [1.165, 1.54) is 24.3 Å². The summed E-state index contributed by atoms with van der Waals surface area (Å²) in [7, 11) is -3.76. The van der Waals surface area contributed by atoms with Gasteiger partial charge in [0.25, 0.3) is 0 Å². The van der Waals surface area contributed by atoms with Crippen LogP contribution in [-0.4, -0.2) is 32.2 Å². The fraction of sp³-hybridized carbons (Fsp3) is 0.500. The Hall–Kier alpha value is -0.820. The van der Waals surface area contributed by atoms with Crippen molar-refractivity contribution in [2.45, 2.75) is 35.3 Å². The molecule has 0 unspecified atom stereocenters. The largest absolute Gasteiger partial charge is 0.353 e. The minimum Gasteiger partial charge on any atom is -0.353 e. The molecule has 22 heavy (non-hydrogen) atoms. The number of carbonyl (C=O) groups excluding carboxylic acids is 1. The second kappa shape index (κ2) is 7.64. The molecule has 0 aliphatic heterocycles. The lowest BCUT2D eigenvalue weighted by Crippen LogP contribution is -2.51. The molecular formula is C14H20Cl2N2O3S. The van der Waals surface area contributed by atoms with Crippen LogP contribution in [-0.2, 0) is 14.6 Å². The summed E-state index contributed by atoms with van der Waals surface area (Å²) in [6, 6.07) is 5.95. The van der Waals surface area contributed by atoms with Crippen LogP contribution in [0.25, 0.3) is 0 Å². The first-order valence-electron chi connectivity index (χ1n) is 6.92. The van der Waals surface area contributed by atoms with Crippen molar-refractivity contribution in [3.05, 3.63) is 29.3 Å². The van der Waals surface area contributed by atoms with Crippen molar-refractivity contribution < 1.29 is 13.2 Å². The Morgan fingerprint density at radius 1 is 1.23 bits per heavy atom. The zero-order valence-corrected chi connectivity index (χ0v) is 14.4. The molecule has 0 aromatic heterocycles. The third kappa shape index (κ3) is 3.40. The summed E-state index contributed by atoms with van der Waals surface area (Å²) < 4.78 is 24.5. The van der Waals surface area contributed by atoms with Crippen LogP contribution in [0.2, 0.25) is 5.02 Å². The van der Waals surface area contributed by atoms with E-state index in [0.717, 1.165) is 12.8 Å². The predicted molar refractivity (Wildman–Crippen MR) is 89.1 cm³/mol. The lowest BCUT2D eigenvalue weighted by Gasteiger charge is -2.27. The summed E-state index contributed by atoms with van der Waals surface area (Å²) >= 11 is 5.80. The number of hydrogen-bond acceptors (Lipinski definition) is 4. The van der Waals surface area contributed by atoms with Crippen molar-refractivity contribution in [3.8, 4) is 0 Å². The smallest absolute Gasteiger partial charge is 0.241 e. The molecule has 0 radical (unpaired) electrons. The molecule has 1 aromatic carbocycles. The number of benzene rings is 1. The number of nitrogens with one attached hydrogen (secondary N) is 1. The van der Waals surface area contributed by atoms with E-state index in [-0.39, 0.29) is 30.4 Å². The van der Waals surface area contributed by atoms with Gasteiger partial charge in [-0.15, -0.1) is 12.4 Å². The minimum atomic E-state index is -3.76. The second-order valence-electron chi connectivity index (χ2n) is 5.20. The molecule has 1 aliphatic rings. The van der Waals surface area contributed by atoms with Gasteiger partial charge in [-0.25, -0.2) is 8.42 Å². The number of halogens is 2. The molecule has 1 saturated carbocycles. The van der Waals surface area contributed by atoms with Crippen LogP contribution < -0.4 is 11.1 Å².